The second-order valence-electron chi connectivity index (χ2n) is 3.87. The zero-order chi connectivity index (χ0) is 11.1. The lowest BCUT2D eigenvalue weighted by Gasteiger charge is -2.05. The first-order valence-corrected chi connectivity index (χ1v) is 5.13. The van der Waals surface area contributed by atoms with Gasteiger partial charge >= 0.3 is 0 Å². The molecule has 0 saturated carbocycles. The molecular formula is C13H10N2O. The molecule has 2 aromatic heterocycles. The lowest BCUT2D eigenvalue weighted by molar-refractivity contribution is 1.12. The standard InChI is InChI=1S/C13H10N2O/c1-9-6-7-15-11-5-3-2-4-10(11)13(16)14-12(15)8-9/h2-8H,1H3. The normalized spacial score (nSPS) is 11.1. The van der Waals surface area contributed by atoms with Crippen LogP contribution in [0.3, 0.4) is 0 Å². The summed E-state index contributed by atoms with van der Waals surface area (Å²) in [5.41, 5.74) is 2.53. The molecule has 0 radical (unpaired) electrons. The fourth-order valence-corrected chi connectivity index (χ4v) is 1.91. The molecule has 3 nitrogen and oxygen atoms in total. The van der Waals surface area contributed by atoms with E-state index in [4.69, 9.17) is 0 Å². The van der Waals surface area contributed by atoms with Gasteiger partial charge in [-0.2, -0.15) is 4.98 Å². The number of aryl methyl sites for hydroxylation is 1. The van der Waals surface area contributed by atoms with Crippen LogP contribution >= 0.6 is 0 Å². The topological polar surface area (TPSA) is 34.4 Å². The average molecular weight is 210 g/mol. The molecule has 0 amide bonds. The van der Waals surface area contributed by atoms with Crippen LogP contribution in [-0.2, 0) is 0 Å². The fraction of sp³-hybridized carbons (Fsp3) is 0.0769. The molecule has 0 saturated heterocycles. The lowest BCUT2D eigenvalue weighted by atomic mass is 10.2. The number of fused-ring (bicyclic) bond motifs is 3. The van der Waals surface area contributed by atoms with Crippen molar-refractivity contribution in [3.8, 4) is 0 Å². The van der Waals surface area contributed by atoms with Gasteiger partial charge in [0.05, 0.1) is 10.9 Å². The molecule has 0 atom stereocenters. The Labute approximate surface area is 92.0 Å². The summed E-state index contributed by atoms with van der Waals surface area (Å²) in [4.78, 5) is 15.9. The number of pyridine rings is 1. The highest BCUT2D eigenvalue weighted by Crippen LogP contribution is 2.12. The van der Waals surface area contributed by atoms with E-state index >= 15 is 0 Å². The van der Waals surface area contributed by atoms with E-state index in [0.717, 1.165) is 11.1 Å². The van der Waals surface area contributed by atoms with Gasteiger partial charge in [0.2, 0.25) is 0 Å². The molecule has 0 spiro atoms. The maximum Gasteiger partial charge on any atom is 0.281 e. The number of benzene rings is 1. The van der Waals surface area contributed by atoms with Gasteiger partial charge in [0.15, 0.2) is 0 Å². The number of rotatable bonds is 0. The molecule has 0 aliphatic heterocycles. The summed E-state index contributed by atoms with van der Waals surface area (Å²) < 4.78 is 1.93. The summed E-state index contributed by atoms with van der Waals surface area (Å²) in [6, 6.07) is 11.4. The smallest absolute Gasteiger partial charge is 0.281 e. The van der Waals surface area contributed by atoms with Crippen molar-refractivity contribution in [3.05, 3.63) is 58.5 Å². The Bertz CT molecular complexity index is 744. The Kier molecular flexibility index (Phi) is 1.80. The third kappa shape index (κ3) is 1.21. The molecule has 1 aromatic carbocycles. The minimum Gasteiger partial charge on any atom is -0.301 e. The first-order valence-electron chi connectivity index (χ1n) is 5.13. The predicted octanol–water partition coefficient (Wildman–Crippen LogP) is 2.16. The van der Waals surface area contributed by atoms with Gasteiger partial charge in [-0.25, -0.2) is 0 Å². The van der Waals surface area contributed by atoms with E-state index in [1.165, 1.54) is 0 Å². The van der Waals surface area contributed by atoms with Crippen LogP contribution in [0.25, 0.3) is 16.6 Å². The van der Waals surface area contributed by atoms with Crippen molar-refractivity contribution in [1.82, 2.24) is 9.38 Å². The average Bonchev–Trinajstić information content (AvgIpc) is 2.29. The van der Waals surface area contributed by atoms with Crippen LogP contribution in [0.4, 0.5) is 0 Å². The summed E-state index contributed by atoms with van der Waals surface area (Å²) in [7, 11) is 0. The molecule has 0 unspecified atom stereocenters. The predicted molar refractivity (Wildman–Crippen MR) is 63.7 cm³/mol. The van der Waals surface area contributed by atoms with Crippen molar-refractivity contribution < 1.29 is 0 Å². The number of para-hydroxylation sites is 1. The largest absolute Gasteiger partial charge is 0.301 e. The Morgan fingerprint density at radius 3 is 2.88 bits per heavy atom. The highest BCUT2D eigenvalue weighted by atomic mass is 16.1. The number of hydrogen-bond acceptors (Lipinski definition) is 2. The zero-order valence-electron chi connectivity index (χ0n) is 8.84. The van der Waals surface area contributed by atoms with Gasteiger partial charge in [-0.05, 0) is 36.8 Å². The SMILES string of the molecule is Cc1ccn2c(c1)nc(=O)c1ccccc12. The number of aromatic nitrogens is 2. The van der Waals surface area contributed by atoms with E-state index < -0.39 is 0 Å². The third-order valence-electron chi connectivity index (χ3n) is 2.70. The maximum atomic E-state index is 11.8. The van der Waals surface area contributed by atoms with Crippen molar-refractivity contribution >= 4 is 16.6 Å². The van der Waals surface area contributed by atoms with E-state index in [1.54, 1.807) is 6.07 Å². The summed E-state index contributed by atoms with van der Waals surface area (Å²) in [5.74, 6) is 0. The van der Waals surface area contributed by atoms with Crippen molar-refractivity contribution in [2.24, 2.45) is 0 Å². The van der Waals surface area contributed by atoms with Crippen LogP contribution in [0.5, 0.6) is 0 Å². The van der Waals surface area contributed by atoms with Crippen molar-refractivity contribution in [3.63, 3.8) is 0 Å². The number of hydrogen-bond donors (Lipinski definition) is 0. The lowest BCUT2D eigenvalue weighted by Crippen LogP contribution is -2.10. The van der Waals surface area contributed by atoms with E-state index in [2.05, 4.69) is 4.98 Å². The second-order valence-corrected chi connectivity index (χ2v) is 3.87. The minimum absolute atomic E-state index is 0.166. The highest BCUT2D eigenvalue weighted by molar-refractivity contribution is 5.80. The van der Waals surface area contributed by atoms with Gasteiger partial charge in [-0.1, -0.05) is 12.1 Å². The van der Waals surface area contributed by atoms with Crippen LogP contribution in [0, 0.1) is 6.92 Å². The molecule has 0 bridgehead atoms. The summed E-state index contributed by atoms with van der Waals surface area (Å²) in [6.07, 6.45) is 1.94. The Morgan fingerprint density at radius 1 is 1.19 bits per heavy atom. The van der Waals surface area contributed by atoms with Crippen LogP contribution in [0.15, 0.2) is 47.4 Å². The molecule has 3 aromatic rings. The molecule has 0 fully saturated rings. The molecule has 0 aliphatic rings. The van der Waals surface area contributed by atoms with Crippen LogP contribution in [0.1, 0.15) is 5.56 Å². The molecular weight excluding hydrogens is 200 g/mol. The van der Waals surface area contributed by atoms with E-state index in [-0.39, 0.29) is 5.56 Å². The molecule has 0 aliphatic carbocycles. The molecule has 2 heterocycles. The van der Waals surface area contributed by atoms with E-state index in [0.29, 0.717) is 11.0 Å². The quantitative estimate of drug-likeness (QED) is 0.533. The Balaban J connectivity index is 2.64. The van der Waals surface area contributed by atoms with E-state index in [9.17, 15) is 4.79 Å². The second kappa shape index (κ2) is 3.17. The van der Waals surface area contributed by atoms with Gasteiger partial charge in [0.25, 0.3) is 5.56 Å². The Hall–Kier alpha value is -2.16. The van der Waals surface area contributed by atoms with Crippen molar-refractivity contribution in [2.45, 2.75) is 6.92 Å². The first-order chi connectivity index (χ1) is 7.75. The first kappa shape index (κ1) is 9.09. The Morgan fingerprint density at radius 2 is 2.00 bits per heavy atom. The molecule has 3 heteroatoms. The molecule has 0 N–H and O–H groups in total. The van der Waals surface area contributed by atoms with Gasteiger partial charge in [-0.3, -0.25) is 4.79 Å². The summed E-state index contributed by atoms with van der Waals surface area (Å²) >= 11 is 0. The van der Waals surface area contributed by atoms with E-state index in [1.807, 2.05) is 47.9 Å². The van der Waals surface area contributed by atoms with Gasteiger partial charge in [-0.15, -0.1) is 0 Å². The third-order valence-corrected chi connectivity index (χ3v) is 2.70. The van der Waals surface area contributed by atoms with Crippen molar-refractivity contribution in [2.75, 3.05) is 0 Å². The van der Waals surface area contributed by atoms with Gasteiger partial charge in [0, 0.05) is 6.20 Å². The zero-order valence-corrected chi connectivity index (χ0v) is 8.84. The summed E-state index contributed by atoms with van der Waals surface area (Å²) in [6.45, 7) is 1.99. The summed E-state index contributed by atoms with van der Waals surface area (Å²) in [5, 5.41) is 0.656. The highest BCUT2D eigenvalue weighted by Gasteiger charge is 2.03. The minimum atomic E-state index is -0.166. The van der Waals surface area contributed by atoms with Gasteiger partial charge < -0.3 is 4.40 Å². The molecule has 16 heavy (non-hydrogen) atoms. The van der Waals surface area contributed by atoms with Crippen LogP contribution < -0.4 is 5.56 Å². The molecule has 78 valence electrons. The maximum absolute atomic E-state index is 11.8. The number of nitrogens with zero attached hydrogens (tertiary/aromatic N) is 2. The van der Waals surface area contributed by atoms with Crippen LogP contribution in [-0.4, -0.2) is 9.38 Å². The fourth-order valence-electron chi connectivity index (χ4n) is 1.91. The van der Waals surface area contributed by atoms with Gasteiger partial charge in [0.1, 0.15) is 5.65 Å². The van der Waals surface area contributed by atoms with Crippen LogP contribution in [0.2, 0.25) is 0 Å². The molecule has 3 rings (SSSR count). The monoisotopic (exact) mass is 210 g/mol. The van der Waals surface area contributed by atoms with Crippen molar-refractivity contribution in [1.29, 1.82) is 0 Å².